The summed E-state index contributed by atoms with van der Waals surface area (Å²) >= 11 is 1.56. The number of ether oxygens (including phenoxy) is 1. The van der Waals surface area contributed by atoms with E-state index in [0.29, 0.717) is 17.2 Å². The third-order valence-corrected chi connectivity index (χ3v) is 5.13. The predicted molar refractivity (Wildman–Crippen MR) is 79.8 cm³/mol. The van der Waals surface area contributed by atoms with E-state index in [4.69, 9.17) is 10.5 Å². The molecule has 0 aliphatic heterocycles. The van der Waals surface area contributed by atoms with Gasteiger partial charge in [-0.3, -0.25) is 0 Å². The summed E-state index contributed by atoms with van der Waals surface area (Å²) < 4.78 is 5.16. The van der Waals surface area contributed by atoms with Gasteiger partial charge in [0.05, 0.1) is 12.2 Å². The second-order valence-corrected chi connectivity index (χ2v) is 7.82. The molecule has 0 atom stereocenters. The first-order valence-corrected chi connectivity index (χ1v) is 7.58. The Hall–Kier alpha value is -1.03. The molecule has 19 heavy (non-hydrogen) atoms. The molecule has 106 valence electrons. The summed E-state index contributed by atoms with van der Waals surface area (Å²) in [6, 6.07) is 0. The number of carbonyl (C=O) groups is 1. The van der Waals surface area contributed by atoms with E-state index in [0.717, 1.165) is 18.4 Å². The van der Waals surface area contributed by atoms with Crippen LogP contribution in [0.3, 0.4) is 0 Å². The number of hydrogen-bond acceptors (Lipinski definition) is 4. The van der Waals surface area contributed by atoms with Crippen LogP contribution in [0.1, 0.15) is 61.8 Å². The van der Waals surface area contributed by atoms with Crippen LogP contribution in [0.2, 0.25) is 0 Å². The SMILES string of the molecule is CCOC(=O)c1c(N)sc2c1CC(C)(C)CC2(C)C. The summed E-state index contributed by atoms with van der Waals surface area (Å²) in [6.45, 7) is 11.2. The summed E-state index contributed by atoms with van der Waals surface area (Å²) in [5, 5.41) is 0.606. The summed E-state index contributed by atoms with van der Waals surface area (Å²) in [7, 11) is 0. The van der Waals surface area contributed by atoms with Crippen molar-refractivity contribution in [3.8, 4) is 0 Å². The first kappa shape index (κ1) is 14.4. The van der Waals surface area contributed by atoms with Crippen LogP contribution in [0.4, 0.5) is 5.00 Å². The lowest BCUT2D eigenvalue weighted by Gasteiger charge is -2.40. The van der Waals surface area contributed by atoms with Gasteiger partial charge in [-0.1, -0.05) is 27.7 Å². The van der Waals surface area contributed by atoms with E-state index >= 15 is 0 Å². The standard InChI is InChI=1S/C15H23NO2S/c1-6-18-13(17)10-9-7-14(2,3)8-15(4,5)11(9)19-12(10)16/h6-8,16H2,1-5H3. The Labute approximate surface area is 119 Å². The Morgan fingerprint density at radius 2 is 2.00 bits per heavy atom. The minimum Gasteiger partial charge on any atom is -0.462 e. The van der Waals surface area contributed by atoms with Crippen LogP contribution in [0, 0.1) is 5.41 Å². The molecule has 1 aliphatic rings. The second kappa shape index (κ2) is 4.51. The van der Waals surface area contributed by atoms with Gasteiger partial charge in [-0.15, -0.1) is 11.3 Å². The first-order chi connectivity index (χ1) is 8.68. The van der Waals surface area contributed by atoms with Crippen molar-refractivity contribution in [1.82, 2.24) is 0 Å². The quantitative estimate of drug-likeness (QED) is 0.840. The maximum Gasteiger partial charge on any atom is 0.341 e. The average Bonchev–Trinajstić information content (AvgIpc) is 2.53. The number of nitrogens with two attached hydrogens (primary N) is 1. The first-order valence-electron chi connectivity index (χ1n) is 6.77. The number of thiophene rings is 1. The van der Waals surface area contributed by atoms with Crippen molar-refractivity contribution < 1.29 is 9.53 Å². The lowest BCUT2D eigenvalue weighted by atomic mass is 9.65. The summed E-state index contributed by atoms with van der Waals surface area (Å²) in [4.78, 5) is 13.4. The highest BCUT2D eigenvalue weighted by molar-refractivity contribution is 7.16. The van der Waals surface area contributed by atoms with Gasteiger partial charge in [0.25, 0.3) is 0 Å². The van der Waals surface area contributed by atoms with Gasteiger partial charge in [0, 0.05) is 4.88 Å². The Morgan fingerprint density at radius 3 is 2.58 bits per heavy atom. The van der Waals surface area contributed by atoms with Crippen molar-refractivity contribution >= 4 is 22.3 Å². The Kier molecular flexibility index (Phi) is 3.42. The molecule has 0 aromatic carbocycles. The molecular weight excluding hydrogens is 258 g/mol. The van der Waals surface area contributed by atoms with E-state index < -0.39 is 0 Å². The molecule has 0 saturated carbocycles. The minimum absolute atomic E-state index is 0.0701. The summed E-state index contributed by atoms with van der Waals surface area (Å²) in [5.41, 5.74) is 8.06. The van der Waals surface area contributed by atoms with Crippen molar-refractivity contribution in [3.63, 3.8) is 0 Å². The summed E-state index contributed by atoms with van der Waals surface area (Å²) in [6.07, 6.45) is 2.00. The lowest BCUT2D eigenvalue weighted by Crippen LogP contribution is -2.34. The predicted octanol–water partition coefficient (Wildman–Crippen LogP) is 3.76. The van der Waals surface area contributed by atoms with Crippen LogP contribution < -0.4 is 5.73 Å². The highest BCUT2D eigenvalue weighted by Gasteiger charge is 2.41. The zero-order valence-electron chi connectivity index (χ0n) is 12.4. The molecule has 0 spiro atoms. The number of nitrogen functional groups attached to an aromatic ring is 1. The average molecular weight is 281 g/mol. The van der Waals surface area contributed by atoms with E-state index in [1.807, 2.05) is 6.92 Å². The normalized spacial score (nSPS) is 19.8. The third-order valence-electron chi connectivity index (χ3n) is 3.70. The zero-order valence-corrected chi connectivity index (χ0v) is 13.2. The molecule has 0 radical (unpaired) electrons. The molecule has 1 aromatic rings. The fourth-order valence-electron chi connectivity index (χ4n) is 3.44. The van der Waals surface area contributed by atoms with Crippen LogP contribution in [0.25, 0.3) is 0 Å². The summed E-state index contributed by atoms with van der Waals surface area (Å²) in [5.74, 6) is -0.272. The van der Waals surface area contributed by atoms with Gasteiger partial charge in [0.2, 0.25) is 0 Å². The largest absolute Gasteiger partial charge is 0.462 e. The maximum atomic E-state index is 12.1. The van der Waals surface area contributed by atoms with Crippen LogP contribution in [0.15, 0.2) is 0 Å². The van der Waals surface area contributed by atoms with Crippen molar-refractivity contribution in [1.29, 1.82) is 0 Å². The zero-order chi connectivity index (χ0) is 14.4. The van der Waals surface area contributed by atoms with Crippen LogP contribution in [0.5, 0.6) is 0 Å². The minimum atomic E-state index is -0.272. The highest BCUT2D eigenvalue weighted by Crippen LogP contribution is 2.51. The maximum absolute atomic E-state index is 12.1. The molecule has 4 heteroatoms. The van der Waals surface area contributed by atoms with Crippen LogP contribution in [-0.4, -0.2) is 12.6 Å². The van der Waals surface area contributed by atoms with Gasteiger partial charge in [-0.05, 0) is 36.2 Å². The van der Waals surface area contributed by atoms with E-state index in [-0.39, 0.29) is 16.8 Å². The monoisotopic (exact) mass is 281 g/mol. The third kappa shape index (κ3) is 2.50. The number of fused-ring (bicyclic) bond motifs is 1. The Bertz CT molecular complexity index is 514. The van der Waals surface area contributed by atoms with E-state index in [1.165, 1.54) is 4.88 Å². The van der Waals surface area contributed by atoms with Gasteiger partial charge < -0.3 is 10.5 Å². The molecule has 0 unspecified atom stereocenters. The van der Waals surface area contributed by atoms with Crippen molar-refractivity contribution in [2.75, 3.05) is 12.3 Å². The van der Waals surface area contributed by atoms with E-state index in [9.17, 15) is 4.79 Å². The topological polar surface area (TPSA) is 52.3 Å². The van der Waals surface area contributed by atoms with Gasteiger partial charge >= 0.3 is 5.97 Å². The van der Waals surface area contributed by atoms with Crippen molar-refractivity contribution in [2.45, 2.75) is 52.9 Å². The molecule has 1 heterocycles. The van der Waals surface area contributed by atoms with E-state index in [1.54, 1.807) is 11.3 Å². The number of anilines is 1. The van der Waals surface area contributed by atoms with Crippen LogP contribution in [-0.2, 0) is 16.6 Å². The second-order valence-electron chi connectivity index (χ2n) is 6.77. The van der Waals surface area contributed by atoms with Crippen molar-refractivity contribution in [2.24, 2.45) is 5.41 Å². The molecular formula is C15H23NO2S. The smallest absolute Gasteiger partial charge is 0.341 e. The van der Waals surface area contributed by atoms with Crippen LogP contribution >= 0.6 is 11.3 Å². The van der Waals surface area contributed by atoms with Gasteiger partial charge in [0.15, 0.2) is 0 Å². The molecule has 3 nitrogen and oxygen atoms in total. The number of carbonyl (C=O) groups excluding carboxylic acids is 1. The number of hydrogen-bond donors (Lipinski definition) is 1. The Morgan fingerprint density at radius 1 is 1.37 bits per heavy atom. The lowest BCUT2D eigenvalue weighted by molar-refractivity contribution is 0.0525. The molecule has 1 aliphatic carbocycles. The van der Waals surface area contributed by atoms with Crippen molar-refractivity contribution in [3.05, 3.63) is 16.0 Å². The van der Waals surface area contributed by atoms with Gasteiger partial charge in [-0.2, -0.15) is 0 Å². The fraction of sp³-hybridized carbons (Fsp3) is 0.667. The van der Waals surface area contributed by atoms with Gasteiger partial charge in [-0.25, -0.2) is 4.79 Å². The fourth-order valence-corrected chi connectivity index (χ4v) is 4.62. The number of rotatable bonds is 2. The number of esters is 1. The van der Waals surface area contributed by atoms with Gasteiger partial charge in [0.1, 0.15) is 5.00 Å². The molecule has 0 fully saturated rings. The molecule has 0 saturated heterocycles. The molecule has 1 aromatic heterocycles. The molecule has 0 amide bonds. The molecule has 2 rings (SSSR count). The highest BCUT2D eigenvalue weighted by atomic mass is 32.1. The van der Waals surface area contributed by atoms with E-state index in [2.05, 4.69) is 27.7 Å². The molecule has 2 N–H and O–H groups in total. The molecule has 0 bridgehead atoms. The Balaban J connectivity index is 2.56.